The van der Waals surface area contributed by atoms with E-state index in [1.54, 1.807) is 14.2 Å². The highest BCUT2D eigenvalue weighted by Gasteiger charge is 2.24. The molecular formula is C22H32IN7O2. The number of guanidine groups is 1. The molecule has 1 aromatic carbocycles. The van der Waals surface area contributed by atoms with Crippen molar-refractivity contribution in [2.24, 2.45) is 4.99 Å². The standard InChI is InChI=1S/C22H31N7O2.HI/c1-23-22(25-17-9-10-20-26-19(15-31-2)27-29(20)14-17)24-12-5-8-21(30)28-13-11-16-6-3-4-7-18(16)28;/h3-4,6-7,17H,5,8-15H2,1-2H3,(H2,23,24,25);1H. The Morgan fingerprint density at radius 1 is 1.31 bits per heavy atom. The van der Waals surface area contributed by atoms with E-state index < -0.39 is 0 Å². The Hall–Kier alpha value is -2.21. The first-order valence-electron chi connectivity index (χ1n) is 10.9. The van der Waals surface area contributed by atoms with Crippen molar-refractivity contribution in [2.75, 3.05) is 32.1 Å². The summed E-state index contributed by atoms with van der Waals surface area (Å²) < 4.78 is 7.08. The number of para-hydroxylation sites is 1. The fraction of sp³-hybridized carbons (Fsp3) is 0.545. The summed E-state index contributed by atoms with van der Waals surface area (Å²) in [5.41, 5.74) is 2.33. The number of benzene rings is 1. The molecule has 0 spiro atoms. The van der Waals surface area contributed by atoms with E-state index >= 15 is 0 Å². The third-order valence-corrected chi connectivity index (χ3v) is 5.79. The normalized spacial score (nSPS) is 17.4. The van der Waals surface area contributed by atoms with Crippen molar-refractivity contribution in [2.45, 2.75) is 51.3 Å². The van der Waals surface area contributed by atoms with Crippen LogP contribution in [-0.4, -0.2) is 59.9 Å². The lowest BCUT2D eigenvalue weighted by molar-refractivity contribution is -0.118. The molecule has 0 aliphatic carbocycles. The van der Waals surface area contributed by atoms with Crippen LogP contribution < -0.4 is 15.5 Å². The summed E-state index contributed by atoms with van der Waals surface area (Å²) in [5.74, 6) is 2.68. The third-order valence-electron chi connectivity index (χ3n) is 5.79. The number of carbonyl (C=O) groups is 1. The summed E-state index contributed by atoms with van der Waals surface area (Å²) >= 11 is 0. The number of ether oxygens (including phenoxy) is 1. The maximum Gasteiger partial charge on any atom is 0.227 e. The quantitative estimate of drug-likeness (QED) is 0.236. The number of hydrogen-bond donors (Lipinski definition) is 2. The predicted molar refractivity (Wildman–Crippen MR) is 134 cm³/mol. The molecule has 1 atom stereocenters. The Labute approximate surface area is 206 Å². The molecule has 3 heterocycles. The number of rotatable bonds is 7. The molecule has 1 amide bonds. The van der Waals surface area contributed by atoms with Gasteiger partial charge in [-0.2, -0.15) is 5.10 Å². The van der Waals surface area contributed by atoms with Gasteiger partial charge in [0.2, 0.25) is 5.91 Å². The number of carbonyl (C=O) groups excluding carboxylic acids is 1. The van der Waals surface area contributed by atoms with Gasteiger partial charge in [-0.1, -0.05) is 18.2 Å². The molecule has 2 aliphatic rings. The Kier molecular flexibility index (Phi) is 8.85. The number of fused-ring (bicyclic) bond motifs is 2. The summed E-state index contributed by atoms with van der Waals surface area (Å²) in [7, 11) is 3.42. The number of nitrogens with one attached hydrogen (secondary N) is 2. The van der Waals surface area contributed by atoms with Gasteiger partial charge in [0.25, 0.3) is 0 Å². The molecule has 10 heteroatoms. The van der Waals surface area contributed by atoms with Crippen molar-refractivity contribution < 1.29 is 9.53 Å². The van der Waals surface area contributed by atoms with E-state index in [-0.39, 0.29) is 35.9 Å². The number of methoxy groups -OCH3 is 1. The van der Waals surface area contributed by atoms with Crippen LogP contribution in [0.3, 0.4) is 0 Å². The van der Waals surface area contributed by atoms with E-state index in [4.69, 9.17) is 4.74 Å². The maximum atomic E-state index is 12.6. The molecule has 4 rings (SSSR count). The van der Waals surface area contributed by atoms with E-state index in [0.29, 0.717) is 19.6 Å². The summed E-state index contributed by atoms with van der Waals surface area (Å²) in [4.78, 5) is 23.4. The lowest BCUT2D eigenvalue weighted by Crippen LogP contribution is -2.47. The molecule has 32 heavy (non-hydrogen) atoms. The van der Waals surface area contributed by atoms with Crippen LogP contribution in [0.2, 0.25) is 0 Å². The number of hydrogen-bond acceptors (Lipinski definition) is 5. The van der Waals surface area contributed by atoms with Crippen LogP contribution in [0, 0.1) is 0 Å². The molecule has 174 valence electrons. The molecule has 2 N–H and O–H groups in total. The van der Waals surface area contributed by atoms with Crippen molar-refractivity contribution >= 4 is 41.5 Å². The number of aliphatic imine (C=N–C) groups is 1. The van der Waals surface area contributed by atoms with Gasteiger partial charge in [0.05, 0.1) is 6.54 Å². The maximum absolute atomic E-state index is 12.6. The molecule has 1 aromatic heterocycles. The van der Waals surface area contributed by atoms with Crippen molar-refractivity contribution in [3.63, 3.8) is 0 Å². The predicted octanol–water partition coefficient (Wildman–Crippen LogP) is 1.89. The van der Waals surface area contributed by atoms with Crippen molar-refractivity contribution in [1.29, 1.82) is 0 Å². The Bertz CT molecular complexity index is 946. The molecule has 0 saturated carbocycles. The molecule has 9 nitrogen and oxygen atoms in total. The summed E-state index contributed by atoms with van der Waals surface area (Å²) in [6.07, 6.45) is 4.07. The van der Waals surface area contributed by atoms with Gasteiger partial charge in [0.1, 0.15) is 12.4 Å². The van der Waals surface area contributed by atoms with E-state index in [2.05, 4.69) is 31.8 Å². The average molecular weight is 553 g/mol. The topological polar surface area (TPSA) is 96.7 Å². The highest BCUT2D eigenvalue weighted by atomic mass is 127. The second-order valence-electron chi connectivity index (χ2n) is 7.97. The zero-order valence-corrected chi connectivity index (χ0v) is 21.0. The Morgan fingerprint density at radius 3 is 2.97 bits per heavy atom. The van der Waals surface area contributed by atoms with Crippen LogP contribution in [-0.2, 0) is 35.5 Å². The number of anilines is 1. The molecular weight excluding hydrogens is 521 g/mol. The highest BCUT2D eigenvalue weighted by molar-refractivity contribution is 14.0. The van der Waals surface area contributed by atoms with Gasteiger partial charge in [-0.05, 0) is 30.9 Å². The highest BCUT2D eigenvalue weighted by Crippen LogP contribution is 2.28. The van der Waals surface area contributed by atoms with Crippen molar-refractivity contribution in [3.05, 3.63) is 41.5 Å². The van der Waals surface area contributed by atoms with Crippen LogP contribution in [0.4, 0.5) is 5.69 Å². The molecule has 2 aliphatic heterocycles. The zero-order chi connectivity index (χ0) is 21.6. The first kappa shape index (κ1) is 24.4. The monoisotopic (exact) mass is 553 g/mol. The van der Waals surface area contributed by atoms with Gasteiger partial charge in [-0.15, -0.1) is 24.0 Å². The fourth-order valence-electron chi connectivity index (χ4n) is 4.24. The fourth-order valence-corrected chi connectivity index (χ4v) is 4.24. The minimum Gasteiger partial charge on any atom is -0.377 e. The van der Waals surface area contributed by atoms with Crippen LogP contribution in [0.15, 0.2) is 29.3 Å². The lowest BCUT2D eigenvalue weighted by Gasteiger charge is -2.25. The van der Waals surface area contributed by atoms with Crippen molar-refractivity contribution in [1.82, 2.24) is 25.4 Å². The summed E-state index contributed by atoms with van der Waals surface area (Å²) in [5, 5.41) is 11.3. The lowest BCUT2D eigenvalue weighted by atomic mass is 10.1. The molecule has 0 saturated heterocycles. The van der Waals surface area contributed by atoms with Gasteiger partial charge >= 0.3 is 0 Å². The van der Waals surface area contributed by atoms with Gasteiger partial charge in [-0.3, -0.25) is 9.79 Å². The average Bonchev–Trinajstić information content (AvgIpc) is 3.39. The number of amides is 1. The number of aryl methyl sites for hydroxylation is 1. The van der Waals surface area contributed by atoms with E-state index in [0.717, 1.165) is 62.1 Å². The molecule has 0 bridgehead atoms. The van der Waals surface area contributed by atoms with Crippen LogP contribution in [0.1, 0.15) is 36.5 Å². The third kappa shape index (κ3) is 5.77. The SMILES string of the molecule is CN=C(NCCCC(=O)N1CCc2ccccc21)NC1CCc2nc(COC)nn2C1.I. The Morgan fingerprint density at radius 2 is 2.16 bits per heavy atom. The molecule has 2 aromatic rings. The van der Waals surface area contributed by atoms with E-state index in [1.165, 1.54) is 5.56 Å². The van der Waals surface area contributed by atoms with Crippen LogP contribution >= 0.6 is 24.0 Å². The molecule has 0 fully saturated rings. The number of halogens is 1. The second-order valence-corrected chi connectivity index (χ2v) is 7.97. The molecule has 0 radical (unpaired) electrons. The minimum absolute atomic E-state index is 0. The molecule has 1 unspecified atom stereocenters. The number of nitrogens with zero attached hydrogens (tertiary/aromatic N) is 5. The summed E-state index contributed by atoms with van der Waals surface area (Å²) in [6, 6.07) is 8.40. The van der Waals surface area contributed by atoms with Crippen LogP contribution in [0.25, 0.3) is 0 Å². The van der Waals surface area contributed by atoms with Gasteiger partial charge in [-0.25, -0.2) is 9.67 Å². The Balaban J connectivity index is 0.00000289. The largest absolute Gasteiger partial charge is 0.377 e. The van der Waals surface area contributed by atoms with Crippen molar-refractivity contribution in [3.8, 4) is 0 Å². The first-order chi connectivity index (χ1) is 15.2. The minimum atomic E-state index is 0. The van der Waals surface area contributed by atoms with E-state index in [9.17, 15) is 4.79 Å². The van der Waals surface area contributed by atoms with Gasteiger partial charge in [0, 0.05) is 51.8 Å². The number of aromatic nitrogens is 3. The zero-order valence-electron chi connectivity index (χ0n) is 18.7. The van der Waals surface area contributed by atoms with Gasteiger partial charge < -0.3 is 20.3 Å². The first-order valence-corrected chi connectivity index (χ1v) is 10.9. The van der Waals surface area contributed by atoms with Gasteiger partial charge in [0.15, 0.2) is 11.8 Å². The summed E-state index contributed by atoms with van der Waals surface area (Å²) in [6.45, 7) is 2.66. The van der Waals surface area contributed by atoms with E-state index in [1.807, 2.05) is 27.8 Å². The van der Waals surface area contributed by atoms with Crippen LogP contribution in [0.5, 0.6) is 0 Å². The smallest absolute Gasteiger partial charge is 0.227 e. The second kappa shape index (κ2) is 11.6.